The van der Waals surface area contributed by atoms with Gasteiger partial charge in [0.2, 0.25) is 5.91 Å². The quantitative estimate of drug-likeness (QED) is 0.460. The van der Waals surface area contributed by atoms with Crippen LogP contribution < -0.4 is 5.32 Å². The molecule has 0 radical (unpaired) electrons. The van der Waals surface area contributed by atoms with E-state index >= 15 is 0 Å². The zero-order chi connectivity index (χ0) is 10.4. The minimum absolute atomic E-state index is 0.163. The van der Waals surface area contributed by atoms with Crippen molar-refractivity contribution in [2.24, 2.45) is 0 Å². The van der Waals surface area contributed by atoms with E-state index in [0.29, 0.717) is 5.69 Å². The Morgan fingerprint density at radius 2 is 2.29 bits per heavy atom. The third kappa shape index (κ3) is 3.15. The summed E-state index contributed by atoms with van der Waals surface area (Å²) in [6.07, 6.45) is 1.72. The van der Waals surface area contributed by atoms with Gasteiger partial charge < -0.3 is 15.5 Å². The number of H-pyrrole nitrogens is 1. The smallest absolute Gasteiger partial charge is 0.226 e. The van der Waals surface area contributed by atoms with Gasteiger partial charge in [0.1, 0.15) is 0 Å². The summed E-state index contributed by atoms with van der Waals surface area (Å²) in [5.74, 6) is -0.262. The number of hydrogen-bond donors (Lipinski definition) is 4. The molecule has 4 N–H and O–H groups in total. The van der Waals surface area contributed by atoms with Crippen LogP contribution in [0.25, 0.3) is 0 Å². The zero-order valence-electron chi connectivity index (χ0n) is 7.60. The van der Waals surface area contributed by atoms with Gasteiger partial charge in [-0.25, -0.2) is 0 Å². The molecule has 0 bridgehead atoms. The molecular formula is C8H13N3O3. The predicted molar refractivity (Wildman–Crippen MR) is 48.4 cm³/mol. The van der Waals surface area contributed by atoms with Crippen LogP contribution in [-0.2, 0) is 11.2 Å². The average molecular weight is 199 g/mol. The van der Waals surface area contributed by atoms with Gasteiger partial charge in [-0.05, 0) is 6.07 Å². The fourth-order valence-electron chi connectivity index (χ4n) is 0.984. The number of nitrogens with one attached hydrogen (secondary N) is 2. The predicted octanol–water partition coefficient (Wildman–Crippen LogP) is -1.58. The molecule has 1 heterocycles. The van der Waals surface area contributed by atoms with Crippen LogP contribution in [0.3, 0.4) is 0 Å². The topological polar surface area (TPSA) is 98.2 Å². The fourth-order valence-corrected chi connectivity index (χ4v) is 0.984. The fraction of sp³-hybridized carbons (Fsp3) is 0.500. The van der Waals surface area contributed by atoms with Crippen molar-refractivity contribution in [2.75, 3.05) is 13.2 Å². The van der Waals surface area contributed by atoms with Gasteiger partial charge in [-0.15, -0.1) is 0 Å². The lowest BCUT2D eigenvalue weighted by Crippen LogP contribution is -2.40. The maximum absolute atomic E-state index is 11.3. The van der Waals surface area contributed by atoms with Gasteiger partial charge >= 0.3 is 0 Å². The normalized spacial score (nSPS) is 10.5. The molecule has 6 heteroatoms. The Bertz CT molecular complexity index is 269. The largest absolute Gasteiger partial charge is 0.394 e. The summed E-state index contributed by atoms with van der Waals surface area (Å²) in [4.78, 5) is 11.3. The number of carbonyl (C=O) groups excluding carboxylic acids is 1. The van der Waals surface area contributed by atoms with E-state index in [9.17, 15) is 4.79 Å². The molecule has 0 atom stereocenters. The molecule has 0 spiro atoms. The number of nitrogens with zero attached hydrogens (tertiary/aromatic N) is 1. The Morgan fingerprint density at radius 1 is 1.57 bits per heavy atom. The molecule has 0 aliphatic carbocycles. The Kier molecular flexibility index (Phi) is 4.09. The van der Waals surface area contributed by atoms with Crippen LogP contribution in [-0.4, -0.2) is 45.6 Å². The van der Waals surface area contributed by atoms with Gasteiger partial charge in [0.25, 0.3) is 0 Å². The minimum atomic E-state index is -0.592. The van der Waals surface area contributed by atoms with Crippen LogP contribution in [0.4, 0.5) is 0 Å². The van der Waals surface area contributed by atoms with Gasteiger partial charge in [-0.3, -0.25) is 9.89 Å². The molecule has 1 rings (SSSR count). The summed E-state index contributed by atoms with van der Waals surface area (Å²) in [5.41, 5.74) is 0.692. The number of hydrogen-bond acceptors (Lipinski definition) is 4. The minimum Gasteiger partial charge on any atom is -0.394 e. The number of aromatic nitrogens is 2. The lowest BCUT2D eigenvalue weighted by atomic mass is 10.2. The number of aromatic amines is 1. The highest BCUT2D eigenvalue weighted by atomic mass is 16.3. The van der Waals surface area contributed by atoms with Gasteiger partial charge in [0.05, 0.1) is 25.7 Å². The molecule has 0 saturated carbocycles. The van der Waals surface area contributed by atoms with Crippen LogP contribution in [0.5, 0.6) is 0 Å². The highest BCUT2D eigenvalue weighted by molar-refractivity contribution is 5.78. The lowest BCUT2D eigenvalue weighted by molar-refractivity contribution is -0.121. The molecule has 0 aromatic carbocycles. The highest BCUT2D eigenvalue weighted by Gasteiger charge is 2.10. The first-order chi connectivity index (χ1) is 6.76. The van der Waals surface area contributed by atoms with Crippen molar-refractivity contribution in [1.29, 1.82) is 0 Å². The number of amides is 1. The Morgan fingerprint density at radius 3 is 2.79 bits per heavy atom. The molecule has 0 fully saturated rings. The van der Waals surface area contributed by atoms with Gasteiger partial charge in [-0.2, -0.15) is 5.10 Å². The van der Waals surface area contributed by atoms with E-state index < -0.39 is 6.04 Å². The van der Waals surface area contributed by atoms with Crippen LogP contribution in [0.15, 0.2) is 12.3 Å². The lowest BCUT2D eigenvalue weighted by Gasteiger charge is -2.12. The number of aliphatic hydroxyl groups excluding tert-OH is 2. The number of rotatable bonds is 5. The second-order valence-corrected chi connectivity index (χ2v) is 2.89. The first-order valence-electron chi connectivity index (χ1n) is 4.25. The molecule has 1 aromatic rings. The summed E-state index contributed by atoms with van der Waals surface area (Å²) in [6, 6.07) is 1.09. The molecule has 0 unspecified atom stereocenters. The second-order valence-electron chi connectivity index (χ2n) is 2.89. The molecule has 78 valence electrons. The van der Waals surface area contributed by atoms with Crippen LogP contribution in [0, 0.1) is 0 Å². The third-order valence-electron chi connectivity index (χ3n) is 1.72. The molecule has 6 nitrogen and oxygen atoms in total. The van der Waals surface area contributed by atoms with Crippen molar-refractivity contribution < 1.29 is 15.0 Å². The van der Waals surface area contributed by atoms with E-state index in [-0.39, 0.29) is 25.5 Å². The van der Waals surface area contributed by atoms with Crippen molar-refractivity contribution in [3.05, 3.63) is 18.0 Å². The maximum atomic E-state index is 11.3. The van der Waals surface area contributed by atoms with Crippen molar-refractivity contribution in [3.8, 4) is 0 Å². The Balaban J connectivity index is 2.35. The van der Waals surface area contributed by atoms with E-state index in [4.69, 9.17) is 10.2 Å². The molecule has 1 aromatic heterocycles. The standard InChI is InChI=1S/C8H13N3O3/c12-4-7(5-13)10-8(14)3-6-1-2-9-11-6/h1-2,7,12-13H,3-5H2,(H,9,11)(H,10,14). The zero-order valence-corrected chi connectivity index (χ0v) is 7.60. The first-order valence-corrected chi connectivity index (χ1v) is 4.25. The highest BCUT2D eigenvalue weighted by Crippen LogP contribution is 1.93. The second kappa shape index (κ2) is 5.36. The van der Waals surface area contributed by atoms with Gasteiger partial charge in [0.15, 0.2) is 0 Å². The van der Waals surface area contributed by atoms with E-state index in [1.54, 1.807) is 12.3 Å². The van der Waals surface area contributed by atoms with Crippen molar-refractivity contribution in [3.63, 3.8) is 0 Å². The van der Waals surface area contributed by atoms with Crippen LogP contribution >= 0.6 is 0 Å². The molecule has 1 amide bonds. The van der Waals surface area contributed by atoms with Crippen molar-refractivity contribution in [2.45, 2.75) is 12.5 Å². The summed E-state index contributed by atoms with van der Waals surface area (Å²) in [7, 11) is 0. The van der Waals surface area contributed by atoms with E-state index in [0.717, 1.165) is 0 Å². The Hall–Kier alpha value is -1.40. The SMILES string of the molecule is O=C(Cc1ccn[nH]1)NC(CO)CO. The first kappa shape index (κ1) is 10.7. The average Bonchev–Trinajstić information content (AvgIpc) is 2.66. The van der Waals surface area contributed by atoms with Crippen molar-refractivity contribution in [1.82, 2.24) is 15.5 Å². The Labute approximate surface area is 81.0 Å². The van der Waals surface area contributed by atoms with E-state index in [2.05, 4.69) is 15.5 Å². The van der Waals surface area contributed by atoms with Gasteiger partial charge in [0, 0.05) is 11.9 Å². The molecular weight excluding hydrogens is 186 g/mol. The maximum Gasteiger partial charge on any atom is 0.226 e. The van der Waals surface area contributed by atoms with Crippen molar-refractivity contribution >= 4 is 5.91 Å². The third-order valence-corrected chi connectivity index (χ3v) is 1.72. The monoisotopic (exact) mass is 199 g/mol. The van der Waals surface area contributed by atoms with Crippen LogP contribution in [0.1, 0.15) is 5.69 Å². The van der Waals surface area contributed by atoms with E-state index in [1.807, 2.05) is 0 Å². The summed E-state index contributed by atoms with van der Waals surface area (Å²) < 4.78 is 0. The summed E-state index contributed by atoms with van der Waals surface area (Å²) in [5, 5.41) is 26.2. The molecule has 0 saturated heterocycles. The van der Waals surface area contributed by atoms with Crippen LogP contribution in [0.2, 0.25) is 0 Å². The summed E-state index contributed by atoms with van der Waals surface area (Å²) in [6.45, 7) is -0.545. The number of aliphatic hydroxyl groups is 2. The molecule has 0 aliphatic heterocycles. The number of carbonyl (C=O) groups is 1. The summed E-state index contributed by atoms with van der Waals surface area (Å²) >= 11 is 0. The van der Waals surface area contributed by atoms with E-state index in [1.165, 1.54) is 0 Å². The molecule has 14 heavy (non-hydrogen) atoms. The molecule has 0 aliphatic rings. The van der Waals surface area contributed by atoms with Gasteiger partial charge in [-0.1, -0.05) is 0 Å².